The smallest absolute Gasteiger partial charge is 0.149 e. The van der Waals surface area contributed by atoms with Crippen LogP contribution in [0.2, 0.25) is 0 Å². The molecule has 10 rings (SSSR count). The van der Waals surface area contributed by atoms with Crippen LogP contribution in [0.3, 0.4) is 0 Å². The summed E-state index contributed by atoms with van der Waals surface area (Å²) in [5.74, 6) is 0.918. The molecule has 10 aromatic rings. The monoisotopic (exact) mass is 855 g/mol. The molecule has 322 valence electrons. The van der Waals surface area contributed by atoms with Gasteiger partial charge in [-0.1, -0.05) is 187 Å². The van der Waals surface area contributed by atoms with Gasteiger partial charge in [0.05, 0.1) is 28.0 Å². The quantitative estimate of drug-likeness (QED) is 0.166. The highest BCUT2D eigenvalue weighted by atomic mass is 16.3. The molecule has 4 heteroatoms. The molecule has 0 aliphatic carbocycles. The van der Waals surface area contributed by atoms with E-state index in [4.69, 9.17) is 9.97 Å². The average Bonchev–Trinajstić information content (AvgIpc) is 3.73. The predicted molar refractivity (Wildman–Crippen MR) is 276 cm³/mol. The molecule has 0 aliphatic rings. The maximum Gasteiger partial charge on any atom is 0.149 e. The van der Waals surface area contributed by atoms with E-state index in [0.29, 0.717) is 11.4 Å². The fraction of sp³-hybridized carbons (Fsp3) is 0.129. The summed E-state index contributed by atoms with van der Waals surface area (Å²) < 4.78 is 2.27. The maximum atomic E-state index is 12.6. The van der Waals surface area contributed by atoms with E-state index in [0.717, 1.165) is 94.7 Å². The molecule has 2 heterocycles. The number of hydrogen-bond acceptors (Lipinski definition) is 3. The largest absolute Gasteiger partial charge is 0.507 e. The molecule has 0 aliphatic heterocycles. The van der Waals surface area contributed by atoms with Gasteiger partial charge in [0.2, 0.25) is 0 Å². The van der Waals surface area contributed by atoms with E-state index in [9.17, 15) is 5.11 Å². The lowest BCUT2D eigenvalue weighted by atomic mass is 9.79. The summed E-state index contributed by atoms with van der Waals surface area (Å²) in [6, 6.07) is 70.6. The van der Waals surface area contributed by atoms with Crippen LogP contribution in [-0.2, 0) is 10.8 Å². The predicted octanol–water partition coefficient (Wildman–Crippen LogP) is 16.4. The van der Waals surface area contributed by atoms with E-state index < -0.39 is 0 Å². The molecule has 0 amide bonds. The third-order valence-electron chi connectivity index (χ3n) is 12.7. The molecule has 4 nitrogen and oxygen atoms in total. The Bertz CT molecular complexity index is 3360. The SMILES string of the molecule is CC(C)(C)c1cc(-c2nc3c(-c4cc(-c5ccccc5)cc(-c5cc(-c6ccccc6)ccn5)c4)cccc3n2-c2ccc(-c3ccccc3)cc2-c2ccccc2)c(O)c(C(C)(C)C)c1. The lowest BCUT2D eigenvalue weighted by molar-refractivity contribution is 0.446. The number of fused-ring (bicyclic) bond motifs is 1. The topological polar surface area (TPSA) is 50.9 Å². The Kier molecular flexibility index (Phi) is 10.8. The maximum absolute atomic E-state index is 12.6. The summed E-state index contributed by atoms with van der Waals surface area (Å²) in [7, 11) is 0. The highest BCUT2D eigenvalue weighted by Crippen LogP contribution is 2.46. The van der Waals surface area contributed by atoms with E-state index in [1.165, 1.54) is 0 Å². The van der Waals surface area contributed by atoms with Crippen molar-refractivity contribution in [3.8, 4) is 89.7 Å². The van der Waals surface area contributed by atoms with E-state index in [1.54, 1.807) is 0 Å². The number of pyridine rings is 1. The zero-order valence-corrected chi connectivity index (χ0v) is 38.4. The third kappa shape index (κ3) is 8.12. The molecule has 0 unspecified atom stereocenters. The minimum atomic E-state index is -0.339. The van der Waals surface area contributed by atoms with Gasteiger partial charge in [-0.05, 0) is 115 Å². The second-order valence-corrected chi connectivity index (χ2v) is 19.3. The zero-order valence-electron chi connectivity index (χ0n) is 38.4. The van der Waals surface area contributed by atoms with Gasteiger partial charge in [0.1, 0.15) is 11.6 Å². The van der Waals surface area contributed by atoms with Gasteiger partial charge in [0.15, 0.2) is 0 Å². The number of rotatable bonds is 8. The van der Waals surface area contributed by atoms with Crippen LogP contribution < -0.4 is 0 Å². The molecule has 0 radical (unpaired) electrons. The van der Waals surface area contributed by atoms with Gasteiger partial charge in [-0.25, -0.2) is 4.98 Å². The van der Waals surface area contributed by atoms with Crippen LogP contribution in [0.5, 0.6) is 5.75 Å². The number of aromatic hydroxyl groups is 1. The molecule has 0 fully saturated rings. The van der Waals surface area contributed by atoms with E-state index in [2.05, 4.69) is 240 Å². The number of phenolic OH excluding ortho intramolecular Hbond substituents is 1. The van der Waals surface area contributed by atoms with Crippen LogP contribution in [0.15, 0.2) is 206 Å². The van der Waals surface area contributed by atoms with Crippen molar-refractivity contribution < 1.29 is 5.11 Å². The van der Waals surface area contributed by atoms with E-state index in [1.807, 2.05) is 12.3 Å². The van der Waals surface area contributed by atoms with Crippen LogP contribution in [0.1, 0.15) is 52.7 Å². The van der Waals surface area contributed by atoms with Crippen LogP contribution in [0.4, 0.5) is 0 Å². The average molecular weight is 856 g/mol. The van der Waals surface area contributed by atoms with Crippen LogP contribution in [0, 0.1) is 0 Å². The molecule has 8 aromatic carbocycles. The lowest BCUT2D eigenvalue weighted by Crippen LogP contribution is -2.17. The van der Waals surface area contributed by atoms with E-state index >= 15 is 0 Å². The van der Waals surface area contributed by atoms with Crippen molar-refractivity contribution in [1.82, 2.24) is 14.5 Å². The highest BCUT2D eigenvalue weighted by Gasteiger charge is 2.29. The first-order chi connectivity index (χ1) is 31.9. The molecule has 0 spiro atoms. The number of nitrogens with zero attached hydrogens (tertiary/aromatic N) is 3. The third-order valence-corrected chi connectivity index (χ3v) is 12.7. The Labute approximate surface area is 388 Å². The van der Waals surface area contributed by atoms with E-state index in [-0.39, 0.29) is 16.6 Å². The molecule has 66 heavy (non-hydrogen) atoms. The Morgan fingerprint density at radius 1 is 0.409 bits per heavy atom. The van der Waals surface area contributed by atoms with Crippen molar-refractivity contribution >= 4 is 11.0 Å². The number of aromatic nitrogens is 3. The van der Waals surface area contributed by atoms with Crippen molar-refractivity contribution in [2.24, 2.45) is 0 Å². The zero-order chi connectivity index (χ0) is 45.6. The van der Waals surface area contributed by atoms with Crippen LogP contribution in [0.25, 0.3) is 95.0 Å². The second-order valence-electron chi connectivity index (χ2n) is 19.3. The fourth-order valence-electron chi connectivity index (χ4n) is 9.08. The van der Waals surface area contributed by atoms with Crippen molar-refractivity contribution in [2.75, 3.05) is 0 Å². The number of hydrogen-bond donors (Lipinski definition) is 1. The van der Waals surface area contributed by atoms with Gasteiger partial charge in [-0.15, -0.1) is 0 Å². The van der Waals surface area contributed by atoms with Crippen molar-refractivity contribution in [1.29, 1.82) is 0 Å². The molecule has 0 saturated carbocycles. The Balaban J connectivity index is 1.28. The summed E-state index contributed by atoms with van der Waals surface area (Å²) in [6.45, 7) is 13.2. The molecule has 0 atom stereocenters. The fourth-order valence-corrected chi connectivity index (χ4v) is 9.08. The molecular weight excluding hydrogens is 803 g/mol. The summed E-state index contributed by atoms with van der Waals surface area (Å²) in [6.07, 6.45) is 1.90. The first-order valence-corrected chi connectivity index (χ1v) is 22.8. The number of phenols is 1. The second kappa shape index (κ2) is 17.0. The first kappa shape index (κ1) is 42.1. The van der Waals surface area contributed by atoms with Gasteiger partial charge in [-0.3, -0.25) is 9.55 Å². The van der Waals surface area contributed by atoms with Gasteiger partial charge >= 0.3 is 0 Å². The van der Waals surface area contributed by atoms with Crippen molar-refractivity contribution in [3.63, 3.8) is 0 Å². The molecule has 0 bridgehead atoms. The Morgan fingerprint density at radius 2 is 0.970 bits per heavy atom. The molecule has 1 N–H and O–H groups in total. The number of para-hydroxylation sites is 1. The summed E-state index contributed by atoms with van der Waals surface area (Å²) in [4.78, 5) is 10.7. The molecular formula is C62H53N3O. The summed E-state index contributed by atoms with van der Waals surface area (Å²) in [5, 5.41) is 12.6. The summed E-state index contributed by atoms with van der Waals surface area (Å²) >= 11 is 0. The van der Waals surface area contributed by atoms with Gasteiger partial charge in [-0.2, -0.15) is 0 Å². The summed E-state index contributed by atoms with van der Waals surface area (Å²) in [5.41, 5.74) is 17.7. The van der Waals surface area contributed by atoms with Gasteiger partial charge < -0.3 is 5.11 Å². The minimum absolute atomic E-state index is 0.197. The minimum Gasteiger partial charge on any atom is -0.507 e. The van der Waals surface area contributed by atoms with Crippen LogP contribution >= 0.6 is 0 Å². The van der Waals surface area contributed by atoms with Crippen molar-refractivity contribution in [3.05, 3.63) is 218 Å². The Hall–Kier alpha value is -7.82. The van der Waals surface area contributed by atoms with Gasteiger partial charge in [0, 0.05) is 28.5 Å². The molecule has 2 aromatic heterocycles. The van der Waals surface area contributed by atoms with Crippen LogP contribution in [-0.4, -0.2) is 19.6 Å². The highest BCUT2D eigenvalue weighted by molar-refractivity contribution is 5.99. The number of benzene rings is 8. The Morgan fingerprint density at radius 3 is 1.58 bits per heavy atom. The molecule has 0 saturated heterocycles. The standard InChI is InChI=1S/C62H53N3O/c1-61(2,3)50-39-53(59(66)54(40-50)62(4,5)6)60-64-58-51(28-19-29-57(58)65(60)56-31-30-45(41-20-11-7-12-21-41)37-52(56)44-26-17-10-18-27-44)48-34-47(43-24-15-9-16-25-43)35-49(36-48)55-38-46(32-33-63-55)42-22-13-8-14-23-42/h7-40,66H,1-6H3. The lowest BCUT2D eigenvalue weighted by Gasteiger charge is -2.27. The number of imidazole rings is 1. The normalized spacial score (nSPS) is 11.8. The van der Waals surface area contributed by atoms with Crippen molar-refractivity contribution in [2.45, 2.75) is 52.4 Å². The van der Waals surface area contributed by atoms with Gasteiger partial charge in [0.25, 0.3) is 0 Å². The first-order valence-electron chi connectivity index (χ1n) is 22.8.